The number of carbonyl (C=O) groups is 2. The van der Waals surface area contributed by atoms with Gasteiger partial charge < -0.3 is 35.8 Å². The minimum Gasteiger partial charge on any atom is -0.606 e. The molecule has 12 atom stereocenters. The van der Waals surface area contributed by atoms with Crippen LogP contribution in [0.3, 0.4) is 0 Å². The Hall–Kier alpha value is -2.43. The van der Waals surface area contributed by atoms with Gasteiger partial charge >= 0.3 is 13.9 Å². The van der Waals surface area contributed by atoms with Crippen LogP contribution in [0.25, 0.3) is 0 Å². The van der Waals surface area contributed by atoms with Crippen LogP contribution in [0.4, 0.5) is 5.82 Å². The average Bonchev–Trinajstić information content (AvgIpc) is 3.42. The fourth-order valence-electron chi connectivity index (χ4n) is 8.97. The molecule has 0 spiro atoms. The second kappa shape index (κ2) is 11.6. The normalized spacial score (nSPS) is 43.0. The van der Waals surface area contributed by atoms with Crippen molar-refractivity contribution in [3.8, 4) is 0 Å². The third kappa shape index (κ3) is 5.30. The number of rotatable bonds is 8. The second-order valence-corrected chi connectivity index (χ2v) is 15.1. The first-order valence-corrected chi connectivity index (χ1v) is 16.9. The van der Waals surface area contributed by atoms with E-state index in [0.717, 1.165) is 10.1 Å². The van der Waals surface area contributed by atoms with Crippen LogP contribution in [0.15, 0.2) is 40.9 Å². The van der Waals surface area contributed by atoms with Crippen molar-refractivity contribution in [1.29, 1.82) is 0 Å². The van der Waals surface area contributed by atoms with Gasteiger partial charge in [0.05, 0.1) is 6.10 Å². The number of phosphoric acid groups is 1. The number of ether oxygens (including phenoxy) is 1. The molecule has 1 unspecified atom stereocenters. The maximum Gasteiger partial charge on any atom is 0.377 e. The number of hydrogen-bond acceptors (Lipinski definition) is 14. The predicted octanol–water partition coefficient (Wildman–Crippen LogP) is -0.913. The predicted molar refractivity (Wildman–Crippen MR) is 158 cm³/mol. The van der Waals surface area contributed by atoms with Crippen LogP contribution in [0.2, 0.25) is 0 Å². The first-order chi connectivity index (χ1) is 21.5. The van der Waals surface area contributed by atoms with Crippen molar-refractivity contribution in [1.82, 2.24) is 9.55 Å². The first kappa shape index (κ1) is 33.5. The molecule has 252 valence electrons. The Morgan fingerprint density at radius 1 is 1.22 bits per heavy atom. The van der Waals surface area contributed by atoms with Crippen LogP contribution in [0, 0.1) is 28.6 Å². The van der Waals surface area contributed by atoms with E-state index < -0.39 is 79.9 Å². The smallest absolute Gasteiger partial charge is 0.377 e. The van der Waals surface area contributed by atoms with Crippen molar-refractivity contribution in [2.45, 2.75) is 82.2 Å². The highest BCUT2D eigenvalue weighted by molar-refractivity contribution is 7.52. The quantitative estimate of drug-likeness (QED) is 0.184. The van der Waals surface area contributed by atoms with E-state index in [1.165, 1.54) is 18.3 Å². The Morgan fingerprint density at radius 3 is 2.67 bits per heavy atom. The van der Waals surface area contributed by atoms with Gasteiger partial charge in [-0.25, -0.2) is 4.79 Å². The summed E-state index contributed by atoms with van der Waals surface area (Å²) in [5, 5.41) is 44.2. The van der Waals surface area contributed by atoms with Crippen LogP contribution in [0.1, 0.15) is 52.2 Å². The molecule has 4 fully saturated rings. The van der Waals surface area contributed by atoms with E-state index in [0.29, 0.717) is 19.3 Å². The number of phosphoric ester groups is 1. The number of aliphatic hydroxyl groups excluding tert-OH is 3. The van der Waals surface area contributed by atoms with Gasteiger partial charge in [0.1, 0.15) is 36.3 Å². The lowest BCUT2D eigenvalue weighted by Gasteiger charge is -2.59. The highest BCUT2D eigenvalue weighted by atomic mass is 31.2. The number of allylic oxidation sites excluding steroid dienone is 4. The Balaban J connectivity index is 1.09. The number of fused-ring (bicyclic) bond motifs is 5. The highest BCUT2D eigenvalue weighted by Gasteiger charge is 2.68. The number of nitrogens with zero attached hydrogens (tertiary/aromatic N) is 2. The van der Waals surface area contributed by atoms with E-state index in [9.17, 15) is 44.6 Å². The number of nitrogen functional groups attached to an aromatic ring is 1. The molecule has 0 bridgehead atoms. The fraction of sp³-hybridized carbons (Fsp3) is 0.667. The van der Waals surface area contributed by atoms with Gasteiger partial charge in [0.25, 0.3) is 0 Å². The molecule has 0 aromatic carbocycles. The number of Topliss-reactive ketones (excluding diaryl/α,β-unsaturated/α-hetero) is 1. The summed E-state index contributed by atoms with van der Waals surface area (Å²) in [7, 11) is -4.94. The zero-order valence-corrected chi connectivity index (χ0v) is 26.4. The van der Waals surface area contributed by atoms with Gasteiger partial charge in [0.2, 0.25) is 0 Å². The maximum absolute atomic E-state index is 13.5. The lowest BCUT2D eigenvalue weighted by atomic mass is 9.46. The van der Waals surface area contributed by atoms with Crippen molar-refractivity contribution in [3.05, 3.63) is 46.5 Å². The lowest BCUT2D eigenvalue weighted by Crippen LogP contribution is -2.61. The van der Waals surface area contributed by atoms with Gasteiger partial charge in [0, 0.05) is 22.9 Å². The molecule has 4 aliphatic carbocycles. The number of anilines is 1. The first-order valence-electron chi connectivity index (χ1n) is 15.4. The van der Waals surface area contributed by atoms with Gasteiger partial charge in [-0.15, -0.1) is 0 Å². The minimum absolute atomic E-state index is 0.0272. The third-order valence-electron chi connectivity index (χ3n) is 11.3. The fourth-order valence-corrected chi connectivity index (χ4v) is 9.66. The Morgan fingerprint density at radius 2 is 1.96 bits per heavy atom. The minimum atomic E-state index is -4.94. The van der Waals surface area contributed by atoms with Gasteiger partial charge in [0.15, 0.2) is 24.4 Å². The van der Waals surface area contributed by atoms with Crippen molar-refractivity contribution >= 4 is 25.6 Å². The number of nitrogens with two attached hydrogens (primary N) is 1. The summed E-state index contributed by atoms with van der Waals surface area (Å²) in [6.07, 6.45) is 1.48. The summed E-state index contributed by atoms with van der Waals surface area (Å²) in [5.74, 6) is -1.31. The highest BCUT2D eigenvalue weighted by Crippen LogP contribution is 2.67. The van der Waals surface area contributed by atoms with Gasteiger partial charge in [-0.05, 0) is 62.2 Å². The summed E-state index contributed by atoms with van der Waals surface area (Å²) in [4.78, 5) is 64.3. The molecule has 3 saturated carbocycles. The van der Waals surface area contributed by atoms with Crippen LogP contribution < -0.4 is 16.3 Å². The Bertz CT molecular complexity index is 1530. The van der Waals surface area contributed by atoms with E-state index in [1.54, 1.807) is 13.0 Å². The molecular weight excluding hydrogens is 625 g/mol. The number of carbonyl (C=O) groups excluding carboxylic acids is 2. The van der Waals surface area contributed by atoms with Gasteiger partial charge in [-0.2, -0.15) is 18.9 Å². The number of aromatic nitrogens is 2. The summed E-state index contributed by atoms with van der Waals surface area (Å²) < 4.78 is 16.3. The SMILES string of the molecule is C[C@]12C=CC(=O)C=C1CC[C@@H]1[C@@H]2[C@@H](O)C[C@@]2(C)[C@H]1CC[C@]2(O)C(=O)CO[P+]([O-])(O)OC[C@H]1O[C@@H](n2ccc(N)nc2=O)[C@@H](O)[C@@H]1O. The summed E-state index contributed by atoms with van der Waals surface area (Å²) >= 11 is 0. The molecule has 1 aromatic heterocycles. The van der Waals surface area contributed by atoms with Crippen molar-refractivity contribution in [2.75, 3.05) is 18.9 Å². The van der Waals surface area contributed by atoms with Crippen molar-refractivity contribution in [3.63, 3.8) is 0 Å². The molecule has 6 rings (SSSR count). The number of hydrogen-bond donors (Lipinski definition) is 6. The molecule has 1 aliphatic heterocycles. The summed E-state index contributed by atoms with van der Waals surface area (Å²) in [6.45, 7) is 2.09. The molecule has 5 aliphatic rings. The summed E-state index contributed by atoms with van der Waals surface area (Å²) in [6, 6.07) is 1.29. The molecule has 1 saturated heterocycles. The van der Waals surface area contributed by atoms with Crippen LogP contribution in [0.5, 0.6) is 0 Å². The average molecular weight is 666 g/mol. The van der Waals surface area contributed by atoms with E-state index in [4.69, 9.17) is 19.5 Å². The summed E-state index contributed by atoms with van der Waals surface area (Å²) in [5.41, 5.74) is 2.11. The molecular formula is C30H40N3O12P. The lowest BCUT2D eigenvalue weighted by molar-refractivity contribution is -0.246. The van der Waals surface area contributed by atoms with Crippen LogP contribution >= 0.6 is 8.17 Å². The second-order valence-electron chi connectivity index (χ2n) is 13.7. The molecule has 0 amide bonds. The molecule has 0 radical (unpaired) electrons. The third-order valence-corrected chi connectivity index (χ3v) is 12.3. The zero-order valence-electron chi connectivity index (χ0n) is 25.5. The van der Waals surface area contributed by atoms with Crippen LogP contribution in [-0.4, -0.2) is 89.7 Å². The molecule has 2 heterocycles. The van der Waals surface area contributed by atoms with E-state index in [2.05, 4.69) is 4.98 Å². The van der Waals surface area contributed by atoms with Gasteiger partial charge in [-0.3, -0.25) is 14.2 Å². The van der Waals surface area contributed by atoms with E-state index in [-0.39, 0.29) is 42.2 Å². The molecule has 16 heteroatoms. The van der Waals surface area contributed by atoms with Crippen LogP contribution in [-0.2, 0) is 23.4 Å². The largest absolute Gasteiger partial charge is 0.606 e. The zero-order chi connectivity index (χ0) is 33.4. The molecule has 46 heavy (non-hydrogen) atoms. The van der Waals surface area contributed by atoms with E-state index >= 15 is 0 Å². The molecule has 7 N–H and O–H groups in total. The Kier molecular flexibility index (Phi) is 8.45. The topological polar surface area (TPSA) is 247 Å². The molecule has 1 aromatic rings. The van der Waals surface area contributed by atoms with E-state index in [1.807, 2.05) is 13.0 Å². The monoisotopic (exact) mass is 665 g/mol. The van der Waals surface area contributed by atoms with Crippen molar-refractivity contribution < 1.29 is 53.6 Å². The van der Waals surface area contributed by atoms with Gasteiger partial charge in [-0.1, -0.05) is 25.5 Å². The van der Waals surface area contributed by atoms with Crippen molar-refractivity contribution in [2.24, 2.45) is 28.6 Å². The molecule has 15 nitrogen and oxygen atoms in total. The Labute approximate surface area is 265 Å². The maximum atomic E-state index is 13.5. The number of ketones is 2. The standard InChI is InChI=1S/C30H40N3O12P/c1-28-8-5-16(34)11-15(28)3-4-17-18-6-9-30(40,29(18,2)12-19(35)23(17)28)21(36)14-44-46(41,42)43-13-20-24(37)25(38)26(45-20)33-10-7-22(31)32-27(33)39/h5,7-8,10-11,17-20,23-26,35,37-38,40H,3-4,6,9,12-14H2,1-2H3,(H,41,42)(H2,31,32,39)/t17-,18-,19-,20+,23+,24+,25-,26+,28-,29-,30-/m0/s1. The number of aliphatic hydroxyl groups is 4.